The smallest absolute Gasteiger partial charge is 0.171 e. The summed E-state index contributed by atoms with van der Waals surface area (Å²) in [6, 6.07) is 16.3. The van der Waals surface area contributed by atoms with Crippen LogP contribution in [0.2, 0.25) is 0 Å². The van der Waals surface area contributed by atoms with Crippen LogP contribution in [0.3, 0.4) is 0 Å². The fourth-order valence-corrected chi connectivity index (χ4v) is 3.23. The van der Waals surface area contributed by atoms with Gasteiger partial charge in [-0.15, -0.1) is 17.9 Å². The van der Waals surface area contributed by atoms with Crippen molar-refractivity contribution in [2.24, 2.45) is 0 Å². The van der Waals surface area contributed by atoms with E-state index in [0.29, 0.717) is 11.7 Å². The Kier molecular flexibility index (Phi) is 4.46. The van der Waals surface area contributed by atoms with Gasteiger partial charge in [0.05, 0.1) is 10.2 Å². The Morgan fingerprint density at radius 2 is 2.09 bits per heavy atom. The van der Waals surface area contributed by atoms with E-state index in [4.69, 9.17) is 12.2 Å². The number of hydrogen-bond acceptors (Lipinski definition) is 3. The van der Waals surface area contributed by atoms with Crippen LogP contribution >= 0.6 is 23.6 Å². The second kappa shape index (κ2) is 6.68. The molecule has 1 aromatic heterocycles. The molecule has 0 unspecified atom stereocenters. The fourth-order valence-electron chi connectivity index (χ4n) is 2.07. The Balaban J connectivity index is 1.84. The molecule has 0 aliphatic heterocycles. The molecule has 0 aliphatic rings. The molecule has 5 heteroatoms. The lowest BCUT2D eigenvalue weighted by molar-refractivity contribution is 1.06. The maximum Gasteiger partial charge on any atom is 0.171 e. The van der Waals surface area contributed by atoms with Crippen LogP contribution in [0, 0.1) is 0 Å². The lowest BCUT2D eigenvalue weighted by Gasteiger charge is -2.09. The van der Waals surface area contributed by atoms with Crippen LogP contribution in [0.4, 0.5) is 5.69 Å². The highest BCUT2D eigenvalue weighted by atomic mass is 32.1. The normalized spacial score (nSPS) is 10.4. The van der Waals surface area contributed by atoms with E-state index in [0.717, 1.165) is 21.8 Å². The van der Waals surface area contributed by atoms with Crippen LogP contribution in [-0.2, 0) is 0 Å². The summed E-state index contributed by atoms with van der Waals surface area (Å²) in [7, 11) is 0. The summed E-state index contributed by atoms with van der Waals surface area (Å²) in [5, 5.41) is 7.81. The average Bonchev–Trinajstić information content (AvgIpc) is 2.97. The summed E-state index contributed by atoms with van der Waals surface area (Å²) in [5.41, 5.74) is 3.06. The molecule has 0 bridgehead atoms. The minimum Gasteiger partial charge on any atom is -0.359 e. The van der Waals surface area contributed by atoms with E-state index in [1.54, 1.807) is 17.4 Å². The molecule has 0 amide bonds. The molecule has 2 N–H and O–H groups in total. The predicted molar refractivity (Wildman–Crippen MR) is 99.5 cm³/mol. The minimum absolute atomic E-state index is 0.585. The quantitative estimate of drug-likeness (QED) is 0.549. The number of anilines is 1. The predicted octanol–water partition coefficient (Wildman–Crippen LogP) is 4.44. The Hall–Kier alpha value is -2.24. The number of para-hydroxylation sites is 1. The molecule has 0 atom stereocenters. The van der Waals surface area contributed by atoms with E-state index in [1.165, 1.54) is 4.70 Å². The summed E-state index contributed by atoms with van der Waals surface area (Å²) >= 11 is 6.92. The van der Waals surface area contributed by atoms with Gasteiger partial charge in [0, 0.05) is 17.8 Å². The number of fused-ring (bicyclic) bond motifs is 1. The van der Waals surface area contributed by atoms with Gasteiger partial charge >= 0.3 is 0 Å². The van der Waals surface area contributed by atoms with Gasteiger partial charge in [-0.05, 0) is 36.5 Å². The van der Waals surface area contributed by atoms with Crippen molar-refractivity contribution in [1.82, 2.24) is 10.3 Å². The second-order valence-electron chi connectivity index (χ2n) is 4.69. The number of nitrogens with zero attached hydrogens (tertiary/aromatic N) is 1. The third-order valence-corrected chi connectivity index (χ3v) is 4.40. The molecular weight excluding hydrogens is 310 g/mol. The van der Waals surface area contributed by atoms with Gasteiger partial charge in [-0.25, -0.2) is 4.98 Å². The number of rotatable bonds is 4. The fraction of sp³-hybridized carbons (Fsp3) is 0.0588. The second-order valence-corrected chi connectivity index (χ2v) is 6.13. The van der Waals surface area contributed by atoms with E-state index >= 15 is 0 Å². The van der Waals surface area contributed by atoms with Gasteiger partial charge in [-0.1, -0.05) is 30.3 Å². The highest BCUT2D eigenvalue weighted by Gasteiger charge is 2.06. The van der Waals surface area contributed by atoms with Crippen LogP contribution in [0.1, 0.15) is 0 Å². The Morgan fingerprint density at radius 1 is 1.23 bits per heavy atom. The zero-order valence-electron chi connectivity index (χ0n) is 11.9. The summed E-state index contributed by atoms with van der Waals surface area (Å²) in [5.74, 6) is 0. The van der Waals surface area contributed by atoms with Gasteiger partial charge in [0.2, 0.25) is 0 Å². The molecule has 1 heterocycles. The SMILES string of the molecule is C=CCNC(=S)Nc1cccc(-c2nc3ccccc3s2)c1. The van der Waals surface area contributed by atoms with Crippen molar-refractivity contribution in [3.63, 3.8) is 0 Å². The molecule has 2 aromatic carbocycles. The van der Waals surface area contributed by atoms with E-state index in [1.807, 2.05) is 30.3 Å². The highest BCUT2D eigenvalue weighted by molar-refractivity contribution is 7.80. The van der Waals surface area contributed by atoms with Crippen molar-refractivity contribution in [2.75, 3.05) is 11.9 Å². The Morgan fingerprint density at radius 3 is 2.91 bits per heavy atom. The van der Waals surface area contributed by atoms with Crippen LogP contribution < -0.4 is 10.6 Å². The van der Waals surface area contributed by atoms with Crippen LogP contribution in [0.5, 0.6) is 0 Å². The maximum absolute atomic E-state index is 5.23. The third kappa shape index (κ3) is 3.32. The summed E-state index contributed by atoms with van der Waals surface area (Å²) in [6.07, 6.45) is 1.77. The van der Waals surface area contributed by atoms with Crippen molar-refractivity contribution in [3.8, 4) is 10.6 Å². The van der Waals surface area contributed by atoms with Crippen molar-refractivity contribution in [1.29, 1.82) is 0 Å². The largest absolute Gasteiger partial charge is 0.359 e. The first kappa shape index (κ1) is 14.7. The number of thiocarbonyl (C=S) groups is 1. The molecule has 0 aliphatic carbocycles. The topological polar surface area (TPSA) is 37.0 Å². The number of nitrogens with one attached hydrogen (secondary N) is 2. The highest BCUT2D eigenvalue weighted by Crippen LogP contribution is 2.31. The summed E-state index contributed by atoms with van der Waals surface area (Å²) in [4.78, 5) is 4.68. The van der Waals surface area contributed by atoms with Gasteiger partial charge in [0.25, 0.3) is 0 Å². The van der Waals surface area contributed by atoms with Crippen molar-refractivity contribution in [3.05, 3.63) is 61.2 Å². The van der Waals surface area contributed by atoms with Crippen LogP contribution in [0.25, 0.3) is 20.8 Å². The number of hydrogen-bond donors (Lipinski definition) is 2. The van der Waals surface area contributed by atoms with E-state index in [9.17, 15) is 0 Å². The van der Waals surface area contributed by atoms with Gasteiger partial charge < -0.3 is 10.6 Å². The standard InChI is InChI=1S/C17H15N3S2/c1-2-10-18-17(21)19-13-7-5-6-12(11-13)16-20-14-8-3-4-9-15(14)22-16/h2-9,11H,1,10H2,(H2,18,19,21). The molecule has 3 aromatic rings. The zero-order chi connectivity index (χ0) is 15.4. The first-order valence-corrected chi connectivity index (χ1v) is 8.10. The number of benzene rings is 2. The molecule has 3 rings (SSSR count). The molecule has 0 radical (unpaired) electrons. The number of thiazole rings is 1. The average molecular weight is 325 g/mol. The molecular formula is C17H15N3S2. The Labute approximate surface area is 138 Å². The van der Waals surface area contributed by atoms with Crippen molar-refractivity contribution in [2.45, 2.75) is 0 Å². The number of aromatic nitrogens is 1. The van der Waals surface area contributed by atoms with Crippen molar-refractivity contribution >= 4 is 44.6 Å². The van der Waals surface area contributed by atoms with Gasteiger partial charge in [0.1, 0.15) is 5.01 Å². The molecule has 0 saturated heterocycles. The van der Waals surface area contributed by atoms with Gasteiger partial charge in [-0.3, -0.25) is 0 Å². The summed E-state index contributed by atoms with van der Waals surface area (Å²) < 4.78 is 1.19. The lowest BCUT2D eigenvalue weighted by atomic mass is 10.2. The molecule has 0 fully saturated rings. The van der Waals surface area contributed by atoms with E-state index in [2.05, 4.69) is 40.4 Å². The first-order chi connectivity index (χ1) is 10.8. The molecule has 22 heavy (non-hydrogen) atoms. The third-order valence-electron chi connectivity index (χ3n) is 3.07. The first-order valence-electron chi connectivity index (χ1n) is 6.88. The molecule has 3 nitrogen and oxygen atoms in total. The van der Waals surface area contributed by atoms with E-state index < -0.39 is 0 Å². The summed E-state index contributed by atoms with van der Waals surface area (Å²) in [6.45, 7) is 4.30. The van der Waals surface area contributed by atoms with Gasteiger partial charge in [-0.2, -0.15) is 0 Å². The molecule has 0 saturated carbocycles. The lowest BCUT2D eigenvalue weighted by Crippen LogP contribution is -2.28. The molecule has 0 spiro atoms. The van der Waals surface area contributed by atoms with Gasteiger partial charge in [0.15, 0.2) is 5.11 Å². The zero-order valence-corrected chi connectivity index (χ0v) is 13.5. The molecule has 110 valence electrons. The van der Waals surface area contributed by atoms with E-state index in [-0.39, 0.29) is 0 Å². The van der Waals surface area contributed by atoms with Crippen molar-refractivity contribution < 1.29 is 0 Å². The Bertz CT molecular complexity index is 790. The van der Waals surface area contributed by atoms with Crippen LogP contribution in [0.15, 0.2) is 61.2 Å². The maximum atomic E-state index is 5.23. The monoisotopic (exact) mass is 325 g/mol. The van der Waals surface area contributed by atoms with Crippen LogP contribution in [-0.4, -0.2) is 16.6 Å². The minimum atomic E-state index is 0.585.